The number of nitrogens with zero attached hydrogens (tertiary/aromatic N) is 1. The van der Waals surface area contributed by atoms with Crippen LogP contribution in [0.1, 0.15) is 32.1 Å². The molecule has 1 atom stereocenters. The van der Waals surface area contributed by atoms with Gasteiger partial charge in [-0.05, 0) is 49.9 Å². The minimum atomic E-state index is -0.880. The summed E-state index contributed by atoms with van der Waals surface area (Å²) < 4.78 is 7.31. The highest BCUT2D eigenvalue weighted by molar-refractivity contribution is 5.94. The minimum Gasteiger partial charge on any atom is -0.480 e. The second-order valence-electron chi connectivity index (χ2n) is 6.19. The van der Waals surface area contributed by atoms with Crippen LogP contribution in [-0.2, 0) is 20.9 Å². The third-order valence-corrected chi connectivity index (χ3v) is 4.33. The van der Waals surface area contributed by atoms with E-state index in [1.54, 1.807) is 16.8 Å². The Morgan fingerprint density at radius 1 is 1.29 bits per heavy atom. The summed E-state index contributed by atoms with van der Waals surface area (Å²) in [6, 6.07) is 7.35. The first-order chi connectivity index (χ1) is 11.6. The molecule has 1 aromatic heterocycles. The average Bonchev–Trinajstić information content (AvgIpc) is 2.95. The van der Waals surface area contributed by atoms with Crippen molar-refractivity contribution in [1.82, 2.24) is 4.57 Å². The number of carboxylic acids is 1. The van der Waals surface area contributed by atoms with E-state index >= 15 is 0 Å². The van der Waals surface area contributed by atoms with E-state index < -0.39 is 5.97 Å². The average molecular weight is 330 g/mol. The van der Waals surface area contributed by atoms with Crippen molar-refractivity contribution >= 4 is 28.5 Å². The molecule has 1 unspecified atom stereocenters. The number of rotatable bonds is 6. The van der Waals surface area contributed by atoms with E-state index in [-0.39, 0.29) is 18.6 Å². The van der Waals surface area contributed by atoms with Gasteiger partial charge in [0.1, 0.15) is 6.54 Å². The number of benzene rings is 1. The Kier molecular flexibility index (Phi) is 5.15. The van der Waals surface area contributed by atoms with E-state index in [2.05, 4.69) is 5.32 Å². The summed E-state index contributed by atoms with van der Waals surface area (Å²) in [6.45, 7) is 0.729. The molecule has 2 heterocycles. The smallest absolute Gasteiger partial charge is 0.323 e. The van der Waals surface area contributed by atoms with Crippen molar-refractivity contribution in [1.29, 1.82) is 0 Å². The first-order valence-corrected chi connectivity index (χ1v) is 8.34. The zero-order valence-electron chi connectivity index (χ0n) is 13.5. The van der Waals surface area contributed by atoms with Crippen LogP contribution in [0.15, 0.2) is 30.5 Å². The number of aromatic nitrogens is 1. The maximum atomic E-state index is 12.1. The van der Waals surface area contributed by atoms with Crippen molar-refractivity contribution in [3.63, 3.8) is 0 Å². The molecule has 0 saturated carbocycles. The van der Waals surface area contributed by atoms with Gasteiger partial charge in [-0.1, -0.05) is 0 Å². The monoisotopic (exact) mass is 330 g/mol. The van der Waals surface area contributed by atoms with Gasteiger partial charge in [0.05, 0.1) is 6.10 Å². The standard InChI is InChI=1S/C18H22N2O4/c21-17(7-5-15-3-1-2-10-24-15)19-14-4-6-16-13(11-14)8-9-20(16)12-18(22)23/h4,6,8-9,11,15H,1-3,5,7,10,12H2,(H,19,21)(H,22,23). The molecular formula is C18H22N2O4. The number of nitrogens with one attached hydrogen (secondary N) is 1. The largest absolute Gasteiger partial charge is 0.480 e. The van der Waals surface area contributed by atoms with Gasteiger partial charge in [0.15, 0.2) is 0 Å². The third kappa shape index (κ3) is 4.14. The Hall–Kier alpha value is -2.34. The highest BCUT2D eigenvalue weighted by Crippen LogP contribution is 2.21. The van der Waals surface area contributed by atoms with Gasteiger partial charge in [-0.2, -0.15) is 0 Å². The Morgan fingerprint density at radius 3 is 2.92 bits per heavy atom. The van der Waals surface area contributed by atoms with E-state index in [1.807, 2.05) is 18.2 Å². The molecule has 0 spiro atoms. The summed E-state index contributed by atoms with van der Waals surface area (Å²) in [7, 11) is 0. The summed E-state index contributed by atoms with van der Waals surface area (Å²) in [5.74, 6) is -0.900. The van der Waals surface area contributed by atoms with E-state index in [0.717, 1.165) is 42.5 Å². The van der Waals surface area contributed by atoms with E-state index in [9.17, 15) is 9.59 Å². The molecule has 0 radical (unpaired) electrons. The Balaban J connectivity index is 1.58. The lowest BCUT2D eigenvalue weighted by Gasteiger charge is -2.22. The van der Waals surface area contributed by atoms with Crippen molar-refractivity contribution in [2.45, 2.75) is 44.8 Å². The van der Waals surface area contributed by atoms with Gasteiger partial charge in [0, 0.05) is 35.8 Å². The fraction of sp³-hybridized carbons (Fsp3) is 0.444. The molecule has 0 bridgehead atoms. The zero-order chi connectivity index (χ0) is 16.9. The van der Waals surface area contributed by atoms with Crippen LogP contribution in [0.4, 0.5) is 5.69 Å². The topological polar surface area (TPSA) is 80.6 Å². The van der Waals surface area contributed by atoms with Crippen LogP contribution in [-0.4, -0.2) is 34.3 Å². The van der Waals surface area contributed by atoms with Crippen LogP contribution in [0.5, 0.6) is 0 Å². The van der Waals surface area contributed by atoms with Crippen LogP contribution in [0.3, 0.4) is 0 Å². The molecular weight excluding hydrogens is 308 g/mol. The van der Waals surface area contributed by atoms with Crippen LogP contribution in [0.2, 0.25) is 0 Å². The SMILES string of the molecule is O=C(O)Cn1ccc2cc(NC(=O)CCC3CCCCO3)ccc21. The molecule has 6 nitrogen and oxygen atoms in total. The number of hydrogen-bond donors (Lipinski definition) is 2. The van der Waals surface area contributed by atoms with Gasteiger partial charge in [0.2, 0.25) is 5.91 Å². The molecule has 1 amide bonds. The van der Waals surface area contributed by atoms with Crippen LogP contribution in [0, 0.1) is 0 Å². The molecule has 1 saturated heterocycles. The summed E-state index contributed by atoms with van der Waals surface area (Å²) in [4.78, 5) is 22.9. The highest BCUT2D eigenvalue weighted by atomic mass is 16.5. The van der Waals surface area contributed by atoms with Crippen molar-refractivity contribution < 1.29 is 19.4 Å². The summed E-state index contributed by atoms with van der Waals surface area (Å²) in [6.07, 6.45) is 6.48. The number of carboxylic acid groups (broad SMARTS) is 1. The number of carbonyl (C=O) groups excluding carboxylic acids is 1. The van der Waals surface area contributed by atoms with Crippen molar-refractivity contribution in [2.75, 3.05) is 11.9 Å². The first-order valence-electron chi connectivity index (χ1n) is 8.34. The molecule has 2 aromatic rings. The Morgan fingerprint density at radius 2 is 2.17 bits per heavy atom. The fourth-order valence-electron chi connectivity index (χ4n) is 3.11. The number of aliphatic carboxylic acids is 1. The lowest BCUT2D eigenvalue weighted by Crippen LogP contribution is -2.21. The minimum absolute atomic E-state index is 0.0199. The maximum absolute atomic E-state index is 12.1. The lowest BCUT2D eigenvalue weighted by atomic mass is 10.0. The Bertz CT molecular complexity index is 732. The zero-order valence-corrected chi connectivity index (χ0v) is 13.5. The number of fused-ring (bicyclic) bond motifs is 1. The lowest BCUT2D eigenvalue weighted by molar-refractivity contribution is -0.137. The Labute approximate surface area is 140 Å². The third-order valence-electron chi connectivity index (χ3n) is 4.33. The number of hydrogen-bond acceptors (Lipinski definition) is 3. The second kappa shape index (κ2) is 7.49. The van der Waals surface area contributed by atoms with Crippen molar-refractivity contribution in [3.05, 3.63) is 30.5 Å². The van der Waals surface area contributed by atoms with Gasteiger partial charge >= 0.3 is 5.97 Å². The van der Waals surface area contributed by atoms with Gasteiger partial charge in [-0.25, -0.2) is 0 Å². The van der Waals surface area contributed by atoms with E-state index in [1.165, 1.54) is 6.42 Å². The van der Waals surface area contributed by atoms with Crippen LogP contribution >= 0.6 is 0 Å². The molecule has 1 fully saturated rings. The quantitative estimate of drug-likeness (QED) is 0.853. The van der Waals surface area contributed by atoms with Crippen LogP contribution < -0.4 is 5.32 Å². The maximum Gasteiger partial charge on any atom is 0.323 e. The number of carbonyl (C=O) groups is 2. The molecule has 6 heteroatoms. The normalized spacial score (nSPS) is 17.8. The van der Waals surface area contributed by atoms with Gasteiger partial charge in [-0.15, -0.1) is 0 Å². The molecule has 1 aliphatic heterocycles. The van der Waals surface area contributed by atoms with E-state index in [0.29, 0.717) is 6.42 Å². The van der Waals surface area contributed by atoms with E-state index in [4.69, 9.17) is 9.84 Å². The molecule has 24 heavy (non-hydrogen) atoms. The molecule has 0 aliphatic carbocycles. The summed E-state index contributed by atoms with van der Waals surface area (Å²) in [5, 5.41) is 12.7. The molecule has 128 valence electrons. The molecule has 1 aromatic carbocycles. The predicted molar refractivity (Wildman–Crippen MR) is 91.0 cm³/mol. The summed E-state index contributed by atoms with van der Waals surface area (Å²) in [5.41, 5.74) is 1.57. The molecule has 1 aliphatic rings. The van der Waals surface area contributed by atoms with Crippen molar-refractivity contribution in [3.8, 4) is 0 Å². The fourth-order valence-corrected chi connectivity index (χ4v) is 3.11. The second-order valence-corrected chi connectivity index (χ2v) is 6.19. The van der Waals surface area contributed by atoms with Crippen LogP contribution in [0.25, 0.3) is 10.9 Å². The highest BCUT2D eigenvalue weighted by Gasteiger charge is 2.15. The van der Waals surface area contributed by atoms with Crippen molar-refractivity contribution in [2.24, 2.45) is 0 Å². The van der Waals surface area contributed by atoms with Gasteiger partial charge < -0.3 is 19.7 Å². The first kappa shape index (κ1) is 16.5. The number of amides is 1. The predicted octanol–water partition coefficient (Wildman–Crippen LogP) is 3.01. The molecule has 3 rings (SSSR count). The van der Waals surface area contributed by atoms with Gasteiger partial charge in [-0.3, -0.25) is 9.59 Å². The molecule has 2 N–H and O–H groups in total. The number of anilines is 1. The number of ether oxygens (including phenoxy) is 1. The summed E-state index contributed by atoms with van der Waals surface area (Å²) >= 11 is 0. The van der Waals surface area contributed by atoms with Gasteiger partial charge in [0.25, 0.3) is 0 Å².